The molecule has 1 N–H and O–H groups in total. The maximum absolute atomic E-state index is 5.94. The molecule has 0 amide bonds. The lowest BCUT2D eigenvalue weighted by atomic mass is 10.2. The zero-order chi connectivity index (χ0) is 18.2. The van der Waals surface area contributed by atoms with Crippen molar-refractivity contribution in [1.29, 1.82) is 0 Å². The minimum atomic E-state index is 0.471. The average molecular weight is 411 g/mol. The van der Waals surface area contributed by atoms with Gasteiger partial charge in [0.05, 0.1) is 23.5 Å². The molecule has 0 unspecified atom stereocenters. The van der Waals surface area contributed by atoms with E-state index in [1.807, 2.05) is 72.8 Å². The van der Waals surface area contributed by atoms with Gasteiger partial charge in [0.1, 0.15) is 6.61 Å². The Labute approximate surface area is 161 Å². The second-order valence-corrected chi connectivity index (χ2v) is 6.40. The highest BCUT2D eigenvalue weighted by molar-refractivity contribution is 9.10. The maximum Gasteiger partial charge on any atom is 0.175 e. The summed E-state index contributed by atoms with van der Waals surface area (Å²) in [7, 11) is 1.63. The van der Waals surface area contributed by atoms with Crippen molar-refractivity contribution >= 4 is 27.8 Å². The van der Waals surface area contributed by atoms with E-state index in [0.717, 1.165) is 21.3 Å². The molecule has 0 spiro atoms. The molecule has 5 heteroatoms. The number of hydrogen-bond acceptors (Lipinski definition) is 4. The van der Waals surface area contributed by atoms with Gasteiger partial charge in [0, 0.05) is 0 Å². The first-order valence-corrected chi connectivity index (χ1v) is 8.94. The molecular formula is C21H19BrN2O2. The first-order valence-electron chi connectivity index (χ1n) is 8.14. The Hall–Kier alpha value is -2.79. The maximum atomic E-state index is 5.94. The van der Waals surface area contributed by atoms with Crippen molar-refractivity contribution in [3.63, 3.8) is 0 Å². The first-order chi connectivity index (χ1) is 12.8. The first kappa shape index (κ1) is 18.0. The molecule has 3 rings (SSSR count). The SMILES string of the molecule is COc1cc(/C=N\Nc2ccccc2)cc(Br)c1OCc1ccccc1. The lowest BCUT2D eigenvalue weighted by Crippen LogP contribution is -2.00. The Morgan fingerprint density at radius 1 is 1.00 bits per heavy atom. The fraction of sp³-hybridized carbons (Fsp3) is 0.0952. The minimum Gasteiger partial charge on any atom is -0.493 e. The van der Waals surface area contributed by atoms with Crippen LogP contribution in [-0.2, 0) is 6.61 Å². The number of para-hydroxylation sites is 1. The van der Waals surface area contributed by atoms with Crippen molar-refractivity contribution in [2.75, 3.05) is 12.5 Å². The Kier molecular flexibility index (Phi) is 6.28. The summed E-state index contributed by atoms with van der Waals surface area (Å²) in [6, 6.07) is 23.6. The standard InChI is InChI=1S/C21H19BrN2O2/c1-25-20-13-17(14-23-24-18-10-6-3-7-11-18)12-19(22)21(20)26-15-16-8-4-2-5-9-16/h2-14,24H,15H2,1H3/b23-14-. The third kappa shape index (κ3) is 4.86. The van der Waals surface area contributed by atoms with Crippen molar-refractivity contribution in [3.05, 3.63) is 88.4 Å². The molecule has 0 atom stereocenters. The molecule has 3 aromatic rings. The summed E-state index contributed by atoms with van der Waals surface area (Å²) in [6.07, 6.45) is 1.74. The summed E-state index contributed by atoms with van der Waals surface area (Å²) in [5, 5.41) is 4.26. The molecule has 0 heterocycles. The fourth-order valence-corrected chi connectivity index (χ4v) is 2.95. The number of hydrogen-bond donors (Lipinski definition) is 1. The molecule has 0 saturated carbocycles. The van der Waals surface area contributed by atoms with Gasteiger partial charge < -0.3 is 9.47 Å². The Balaban J connectivity index is 1.72. The molecule has 132 valence electrons. The molecule has 0 aromatic heterocycles. The van der Waals surface area contributed by atoms with Crippen molar-refractivity contribution in [2.24, 2.45) is 5.10 Å². The number of nitrogens with zero attached hydrogens (tertiary/aromatic N) is 1. The third-order valence-corrected chi connectivity index (χ3v) is 4.25. The molecule has 4 nitrogen and oxygen atoms in total. The third-order valence-electron chi connectivity index (χ3n) is 3.66. The topological polar surface area (TPSA) is 42.8 Å². The summed E-state index contributed by atoms with van der Waals surface area (Å²) in [6.45, 7) is 0.471. The summed E-state index contributed by atoms with van der Waals surface area (Å²) >= 11 is 3.56. The van der Waals surface area contributed by atoms with E-state index in [1.54, 1.807) is 13.3 Å². The van der Waals surface area contributed by atoms with E-state index in [-0.39, 0.29) is 0 Å². The van der Waals surface area contributed by atoms with E-state index in [0.29, 0.717) is 18.1 Å². The van der Waals surface area contributed by atoms with Gasteiger partial charge in [-0.15, -0.1) is 0 Å². The van der Waals surface area contributed by atoms with Crippen LogP contribution in [-0.4, -0.2) is 13.3 Å². The van der Waals surface area contributed by atoms with Gasteiger partial charge in [-0.1, -0.05) is 48.5 Å². The van der Waals surface area contributed by atoms with E-state index >= 15 is 0 Å². The predicted octanol–water partition coefficient (Wildman–Crippen LogP) is 5.48. The monoisotopic (exact) mass is 410 g/mol. The molecule has 3 aromatic carbocycles. The van der Waals surface area contributed by atoms with E-state index in [4.69, 9.17) is 9.47 Å². The highest BCUT2D eigenvalue weighted by atomic mass is 79.9. The number of nitrogens with one attached hydrogen (secondary N) is 1. The second-order valence-electron chi connectivity index (χ2n) is 5.54. The Morgan fingerprint density at radius 3 is 2.38 bits per heavy atom. The van der Waals surface area contributed by atoms with Gasteiger partial charge in [-0.2, -0.15) is 5.10 Å². The summed E-state index contributed by atoms with van der Waals surface area (Å²) in [5.41, 5.74) is 5.91. The van der Waals surface area contributed by atoms with Crippen LogP contribution in [0.4, 0.5) is 5.69 Å². The lowest BCUT2D eigenvalue weighted by Gasteiger charge is -2.13. The quantitative estimate of drug-likeness (QED) is 0.414. The van der Waals surface area contributed by atoms with Gasteiger partial charge in [-0.25, -0.2) is 0 Å². The summed E-state index contributed by atoms with van der Waals surface area (Å²) in [5.74, 6) is 1.32. The summed E-state index contributed by atoms with van der Waals surface area (Å²) in [4.78, 5) is 0. The van der Waals surface area contributed by atoms with Crippen molar-refractivity contribution < 1.29 is 9.47 Å². The lowest BCUT2D eigenvalue weighted by molar-refractivity contribution is 0.282. The van der Waals surface area contributed by atoms with Gasteiger partial charge in [-0.3, -0.25) is 5.43 Å². The van der Waals surface area contributed by atoms with E-state index in [9.17, 15) is 0 Å². The molecule has 0 radical (unpaired) electrons. The molecule has 0 saturated heterocycles. The van der Waals surface area contributed by atoms with Crippen LogP contribution in [0.5, 0.6) is 11.5 Å². The van der Waals surface area contributed by atoms with Crippen LogP contribution in [0.1, 0.15) is 11.1 Å². The molecule has 0 aliphatic carbocycles. The van der Waals surface area contributed by atoms with Gasteiger partial charge in [0.15, 0.2) is 11.5 Å². The van der Waals surface area contributed by atoms with Gasteiger partial charge in [0.25, 0.3) is 0 Å². The number of rotatable bonds is 7. The van der Waals surface area contributed by atoms with Crippen molar-refractivity contribution in [1.82, 2.24) is 0 Å². The average Bonchev–Trinajstić information content (AvgIpc) is 2.68. The van der Waals surface area contributed by atoms with Crippen LogP contribution in [0.2, 0.25) is 0 Å². The van der Waals surface area contributed by atoms with E-state index < -0.39 is 0 Å². The van der Waals surface area contributed by atoms with Crippen LogP contribution in [0, 0.1) is 0 Å². The fourth-order valence-electron chi connectivity index (χ4n) is 2.38. The van der Waals surface area contributed by atoms with Crippen LogP contribution in [0.25, 0.3) is 0 Å². The van der Waals surface area contributed by atoms with Crippen LogP contribution >= 0.6 is 15.9 Å². The number of methoxy groups -OCH3 is 1. The van der Waals surface area contributed by atoms with Gasteiger partial charge in [0.2, 0.25) is 0 Å². The van der Waals surface area contributed by atoms with E-state index in [2.05, 4.69) is 26.5 Å². The second kappa shape index (κ2) is 9.06. The zero-order valence-corrected chi connectivity index (χ0v) is 15.9. The number of hydrazone groups is 1. The highest BCUT2D eigenvalue weighted by Gasteiger charge is 2.11. The highest BCUT2D eigenvalue weighted by Crippen LogP contribution is 2.36. The predicted molar refractivity (Wildman–Crippen MR) is 109 cm³/mol. The van der Waals surface area contributed by atoms with Gasteiger partial charge >= 0.3 is 0 Å². The largest absolute Gasteiger partial charge is 0.493 e. The van der Waals surface area contributed by atoms with Crippen LogP contribution in [0.15, 0.2) is 82.4 Å². The molecule has 0 bridgehead atoms. The van der Waals surface area contributed by atoms with Crippen LogP contribution < -0.4 is 14.9 Å². The van der Waals surface area contributed by atoms with Crippen LogP contribution in [0.3, 0.4) is 0 Å². The number of ether oxygens (including phenoxy) is 2. The smallest absolute Gasteiger partial charge is 0.175 e. The number of benzene rings is 3. The molecule has 26 heavy (non-hydrogen) atoms. The van der Waals surface area contributed by atoms with E-state index in [1.165, 1.54) is 0 Å². The minimum absolute atomic E-state index is 0.471. The number of anilines is 1. The molecule has 0 aliphatic rings. The van der Waals surface area contributed by atoms with Crippen molar-refractivity contribution in [3.8, 4) is 11.5 Å². The van der Waals surface area contributed by atoms with Gasteiger partial charge in [-0.05, 0) is 51.3 Å². The molecule has 0 aliphatic heterocycles. The molecule has 0 fully saturated rings. The van der Waals surface area contributed by atoms with Crippen molar-refractivity contribution in [2.45, 2.75) is 6.61 Å². The zero-order valence-electron chi connectivity index (χ0n) is 14.4. The summed E-state index contributed by atoms with van der Waals surface area (Å²) < 4.78 is 12.2. The number of halogens is 1. The Bertz CT molecular complexity index is 868. The Morgan fingerprint density at radius 2 is 1.69 bits per heavy atom. The molecular weight excluding hydrogens is 392 g/mol. The normalized spacial score (nSPS) is 10.7.